The van der Waals surface area contributed by atoms with Gasteiger partial charge in [0.25, 0.3) is 0 Å². The molecule has 0 heterocycles. The van der Waals surface area contributed by atoms with Gasteiger partial charge in [-0.1, -0.05) is 52.9 Å². The number of hydrogen-bond acceptors (Lipinski definition) is 0. The summed E-state index contributed by atoms with van der Waals surface area (Å²) in [5.74, 6) is 0. The van der Waals surface area contributed by atoms with Crippen LogP contribution in [-0.4, -0.2) is 0 Å². The molecule has 0 saturated heterocycles. The Bertz CT molecular complexity index is 251. The SMILES string of the molecule is C=Cc1cccc(C(C)Br)c1. The molecule has 1 atom stereocenters. The molecule has 0 N–H and O–H groups in total. The van der Waals surface area contributed by atoms with Gasteiger partial charge in [-0.3, -0.25) is 0 Å². The Hall–Kier alpha value is -0.560. The number of benzene rings is 1. The first kappa shape index (κ1) is 8.54. The van der Waals surface area contributed by atoms with Crippen molar-refractivity contribution in [2.24, 2.45) is 0 Å². The maximum Gasteiger partial charge on any atom is 0.0367 e. The molecule has 0 aliphatic carbocycles. The van der Waals surface area contributed by atoms with Crippen molar-refractivity contribution in [3.05, 3.63) is 42.0 Å². The van der Waals surface area contributed by atoms with Crippen molar-refractivity contribution in [2.75, 3.05) is 0 Å². The summed E-state index contributed by atoms with van der Waals surface area (Å²) in [5, 5.41) is 0. The van der Waals surface area contributed by atoms with Crippen LogP contribution in [-0.2, 0) is 0 Å². The zero-order valence-electron chi connectivity index (χ0n) is 6.55. The fraction of sp³-hybridized carbons (Fsp3) is 0.200. The summed E-state index contributed by atoms with van der Waals surface area (Å²) in [4.78, 5) is 0.419. The quantitative estimate of drug-likeness (QED) is 0.653. The van der Waals surface area contributed by atoms with Gasteiger partial charge < -0.3 is 0 Å². The van der Waals surface area contributed by atoms with Gasteiger partial charge in [-0.2, -0.15) is 0 Å². The minimum atomic E-state index is 0.419. The molecule has 1 heteroatoms. The van der Waals surface area contributed by atoms with Crippen molar-refractivity contribution >= 4 is 22.0 Å². The molecule has 11 heavy (non-hydrogen) atoms. The Morgan fingerprint density at radius 3 is 2.82 bits per heavy atom. The Balaban J connectivity index is 3.00. The predicted octanol–water partition coefficient (Wildman–Crippen LogP) is 3.79. The van der Waals surface area contributed by atoms with Gasteiger partial charge in [0.05, 0.1) is 0 Å². The van der Waals surface area contributed by atoms with E-state index in [2.05, 4.69) is 41.6 Å². The van der Waals surface area contributed by atoms with Crippen LogP contribution < -0.4 is 0 Å². The molecule has 0 fully saturated rings. The Kier molecular flexibility index (Phi) is 2.89. The van der Waals surface area contributed by atoms with Gasteiger partial charge in [-0.15, -0.1) is 0 Å². The summed E-state index contributed by atoms with van der Waals surface area (Å²) in [6.07, 6.45) is 1.86. The van der Waals surface area contributed by atoms with E-state index in [4.69, 9.17) is 0 Å². The zero-order valence-corrected chi connectivity index (χ0v) is 8.14. The van der Waals surface area contributed by atoms with Crippen LogP contribution in [0.15, 0.2) is 30.8 Å². The lowest BCUT2D eigenvalue weighted by Crippen LogP contribution is -1.83. The van der Waals surface area contributed by atoms with Crippen LogP contribution in [0.1, 0.15) is 22.9 Å². The maximum atomic E-state index is 3.72. The topological polar surface area (TPSA) is 0 Å². The van der Waals surface area contributed by atoms with Crippen molar-refractivity contribution in [2.45, 2.75) is 11.8 Å². The molecule has 0 spiro atoms. The molecule has 1 unspecified atom stereocenters. The molecule has 0 aromatic heterocycles. The van der Waals surface area contributed by atoms with Crippen LogP contribution in [0.25, 0.3) is 6.08 Å². The van der Waals surface area contributed by atoms with E-state index in [-0.39, 0.29) is 0 Å². The second kappa shape index (κ2) is 3.72. The van der Waals surface area contributed by atoms with E-state index in [0.717, 1.165) is 0 Å². The summed E-state index contributed by atoms with van der Waals surface area (Å²) >= 11 is 3.51. The number of rotatable bonds is 2. The zero-order chi connectivity index (χ0) is 8.27. The van der Waals surface area contributed by atoms with Gasteiger partial charge in [0.15, 0.2) is 0 Å². The molecule has 1 rings (SSSR count). The summed E-state index contributed by atoms with van der Waals surface area (Å²) in [6, 6.07) is 8.33. The van der Waals surface area contributed by atoms with E-state index in [0.29, 0.717) is 4.83 Å². The van der Waals surface area contributed by atoms with Gasteiger partial charge >= 0.3 is 0 Å². The highest BCUT2D eigenvalue weighted by molar-refractivity contribution is 9.09. The number of alkyl halides is 1. The van der Waals surface area contributed by atoms with Gasteiger partial charge in [-0.25, -0.2) is 0 Å². The molecular formula is C10H11Br. The van der Waals surface area contributed by atoms with Gasteiger partial charge in [0, 0.05) is 4.83 Å². The first-order valence-electron chi connectivity index (χ1n) is 3.60. The van der Waals surface area contributed by atoms with Crippen molar-refractivity contribution in [1.82, 2.24) is 0 Å². The van der Waals surface area contributed by atoms with E-state index < -0.39 is 0 Å². The van der Waals surface area contributed by atoms with Crippen LogP contribution >= 0.6 is 15.9 Å². The van der Waals surface area contributed by atoms with E-state index in [1.54, 1.807) is 0 Å². The van der Waals surface area contributed by atoms with E-state index in [1.807, 2.05) is 18.2 Å². The highest BCUT2D eigenvalue weighted by Crippen LogP contribution is 2.22. The molecule has 0 aliphatic rings. The monoisotopic (exact) mass is 210 g/mol. The van der Waals surface area contributed by atoms with Crippen molar-refractivity contribution in [3.63, 3.8) is 0 Å². The van der Waals surface area contributed by atoms with Crippen LogP contribution in [0.2, 0.25) is 0 Å². The Morgan fingerprint density at radius 1 is 1.55 bits per heavy atom. The third kappa shape index (κ3) is 2.19. The molecule has 0 saturated carbocycles. The molecule has 1 aromatic rings. The second-order valence-corrected chi connectivity index (χ2v) is 3.86. The average molecular weight is 211 g/mol. The van der Waals surface area contributed by atoms with Crippen LogP contribution in [0.4, 0.5) is 0 Å². The first-order valence-corrected chi connectivity index (χ1v) is 4.52. The minimum absolute atomic E-state index is 0.419. The van der Waals surface area contributed by atoms with E-state index in [9.17, 15) is 0 Å². The summed E-state index contributed by atoms with van der Waals surface area (Å²) < 4.78 is 0. The highest BCUT2D eigenvalue weighted by atomic mass is 79.9. The fourth-order valence-corrected chi connectivity index (χ4v) is 1.22. The van der Waals surface area contributed by atoms with Crippen LogP contribution in [0.3, 0.4) is 0 Å². The predicted molar refractivity (Wildman–Crippen MR) is 53.9 cm³/mol. The largest absolute Gasteiger partial charge is 0.0985 e. The molecule has 0 radical (unpaired) electrons. The number of halogens is 1. The first-order chi connectivity index (χ1) is 5.24. The van der Waals surface area contributed by atoms with Gasteiger partial charge in [-0.05, 0) is 18.1 Å². The summed E-state index contributed by atoms with van der Waals surface area (Å²) in [7, 11) is 0. The van der Waals surface area contributed by atoms with Gasteiger partial charge in [0.1, 0.15) is 0 Å². The molecule has 1 aromatic carbocycles. The lowest BCUT2D eigenvalue weighted by Gasteiger charge is -2.03. The summed E-state index contributed by atoms with van der Waals surface area (Å²) in [5.41, 5.74) is 2.47. The smallest absolute Gasteiger partial charge is 0.0367 e. The van der Waals surface area contributed by atoms with Crippen LogP contribution in [0.5, 0.6) is 0 Å². The van der Waals surface area contributed by atoms with E-state index >= 15 is 0 Å². The third-order valence-corrected chi connectivity index (χ3v) is 2.13. The third-order valence-electron chi connectivity index (χ3n) is 1.61. The maximum absolute atomic E-state index is 3.72. The molecular weight excluding hydrogens is 200 g/mol. The average Bonchev–Trinajstić information content (AvgIpc) is 2.05. The number of hydrogen-bond donors (Lipinski definition) is 0. The lowest BCUT2D eigenvalue weighted by molar-refractivity contribution is 1.12. The Labute approximate surface area is 76.1 Å². The lowest BCUT2D eigenvalue weighted by atomic mass is 10.1. The van der Waals surface area contributed by atoms with Crippen LogP contribution in [0, 0.1) is 0 Å². The van der Waals surface area contributed by atoms with Crippen molar-refractivity contribution in [3.8, 4) is 0 Å². The Morgan fingerprint density at radius 2 is 2.27 bits per heavy atom. The molecule has 0 nitrogen and oxygen atoms in total. The van der Waals surface area contributed by atoms with E-state index in [1.165, 1.54) is 11.1 Å². The second-order valence-electron chi connectivity index (χ2n) is 2.49. The highest BCUT2D eigenvalue weighted by Gasteiger charge is 1.98. The minimum Gasteiger partial charge on any atom is -0.0985 e. The van der Waals surface area contributed by atoms with Crippen molar-refractivity contribution in [1.29, 1.82) is 0 Å². The standard InChI is InChI=1S/C10H11Br/c1-3-9-5-4-6-10(7-9)8(2)11/h3-8H,1H2,2H3. The van der Waals surface area contributed by atoms with Crippen molar-refractivity contribution < 1.29 is 0 Å². The molecule has 58 valence electrons. The summed E-state index contributed by atoms with van der Waals surface area (Å²) in [6.45, 7) is 5.83. The van der Waals surface area contributed by atoms with Gasteiger partial charge in [0.2, 0.25) is 0 Å². The molecule has 0 aliphatic heterocycles. The normalized spacial score (nSPS) is 12.5. The fourth-order valence-electron chi connectivity index (χ4n) is 0.933. The molecule has 0 amide bonds. The molecule has 0 bridgehead atoms.